The number of anilines is 2. The third kappa shape index (κ3) is 4.60. The van der Waals surface area contributed by atoms with Gasteiger partial charge in [0.05, 0.1) is 15.5 Å². The van der Waals surface area contributed by atoms with Crippen molar-refractivity contribution < 1.29 is 18.0 Å². The molecule has 2 N–H and O–H groups in total. The van der Waals surface area contributed by atoms with E-state index in [1.54, 1.807) is 47.8 Å². The Kier molecular flexibility index (Phi) is 5.38. The standard InChI is InChI=1S/C19H16N2O4S2/c1-27(24,25)17-10-3-2-8-15(17)21-18(22)13-6-4-7-14(12-13)20-19(23)16-9-5-11-26-16/h2-12H,1H3,(H,20,23)(H,21,22). The zero-order valence-electron chi connectivity index (χ0n) is 14.3. The van der Waals surface area contributed by atoms with Crippen LogP contribution >= 0.6 is 11.3 Å². The number of sulfone groups is 1. The van der Waals surface area contributed by atoms with E-state index in [9.17, 15) is 18.0 Å². The summed E-state index contributed by atoms with van der Waals surface area (Å²) < 4.78 is 23.7. The molecule has 0 atom stereocenters. The maximum absolute atomic E-state index is 12.5. The largest absolute Gasteiger partial charge is 0.321 e. The Bertz CT molecular complexity index is 1090. The van der Waals surface area contributed by atoms with Gasteiger partial charge in [-0.25, -0.2) is 8.42 Å². The summed E-state index contributed by atoms with van der Waals surface area (Å²) in [6, 6.07) is 16.1. The fraction of sp³-hybridized carbons (Fsp3) is 0.0526. The van der Waals surface area contributed by atoms with Gasteiger partial charge in [-0.15, -0.1) is 11.3 Å². The van der Waals surface area contributed by atoms with Crippen LogP contribution in [0.1, 0.15) is 20.0 Å². The number of amides is 2. The van der Waals surface area contributed by atoms with Crippen LogP contribution < -0.4 is 10.6 Å². The summed E-state index contributed by atoms with van der Waals surface area (Å²) in [5.41, 5.74) is 0.970. The highest BCUT2D eigenvalue weighted by molar-refractivity contribution is 7.90. The van der Waals surface area contributed by atoms with Crippen molar-refractivity contribution in [1.29, 1.82) is 0 Å². The van der Waals surface area contributed by atoms with E-state index in [4.69, 9.17) is 0 Å². The van der Waals surface area contributed by atoms with E-state index in [0.717, 1.165) is 6.26 Å². The molecule has 2 amide bonds. The Morgan fingerprint density at radius 2 is 1.67 bits per heavy atom. The van der Waals surface area contributed by atoms with Gasteiger partial charge in [0.1, 0.15) is 0 Å². The number of thiophene rings is 1. The molecule has 3 rings (SSSR count). The van der Waals surface area contributed by atoms with Crippen molar-refractivity contribution in [2.75, 3.05) is 16.9 Å². The summed E-state index contributed by atoms with van der Waals surface area (Å²) in [6.07, 6.45) is 1.08. The number of benzene rings is 2. The highest BCUT2D eigenvalue weighted by atomic mass is 32.2. The Hall–Kier alpha value is -2.97. The van der Waals surface area contributed by atoms with E-state index in [1.165, 1.54) is 29.5 Å². The lowest BCUT2D eigenvalue weighted by Gasteiger charge is -2.11. The molecular formula is C19H16N2O4S2. The van der Waals surface area contributed by atoms with Crippen LogP contribution in [0, 0.1) is 0 Å². The topological polar surface area (TPSA) is 92.3 Å². The number of nitrogens with one attached hydrogen (secondary N) is 2. The Morgan fingerprint density at radius 3 is 2.37 bits per heavy atom. The van der Waals surface area contributed by atoms with Crippen molar-refractivity contribution in [2.24, 2.45) is 0 Å². The molecule has 6 nitrogen and oxygen atoms in total. The molecule has 0 spiro atoms. The number of rotatable bonds is 5. The van der Waals surface area contributed by atoms with Gasteiger partial charge in [0, 0.05) is 17.5 Å². The molecule has 8 heteroatoms. The van der Waals surface area contributed by atoms with Crippen molar-refractivity contribution in [2.45, 2.75) is 4.90 Å². The third-order valence-corrected chi connectivity index (χ3v) is 5.69. The first-order valence-electron chi connectivity index (χ1n) is 7.90. The molecule has 138 valence electrons. The van der Waals surface area contributed by atoms with Gasteiger partial charge in [-0.05, 0) is 41.8 Å². The normalized spacial score (nSPS) is 11.0. The average Bonchev–Trinajstić information content (AvgIpc) is 3.16. The monoisotopic (exact) mass is 400 g/mol. The molecule has 1 heterocycles. The number of hydrogen-bond acceptors (Lipinski definition) is 5. The number of carbonyl (C=O) groups is 2. The van der Waals surface area contributed by atoms with Crippen molar-refractivity contribution in [3.8, 4) is 0 Å². The Labute approximate surface area is 160 Å². The molecule has 0 radical (unpaired) electrons. The van der Waals surface area contributed by atoms with Gasteiger partial charge in [0.15, 0.2) is 9.84 Å². The molecule has 27 heavy (non-hydrogen) atoms. The van der Waals surface area contributed by atoms with Crippen LogP contribution in [0.5, 0.6) is 0 Å². The SMILES string of the molecule is CS(=O)(=O)c1ccccc1NC(=O)c1cccc(NC(=O)c2cccs2)c1. The predicted molar refractivity (Wildman–Crippen MR) is 106 cm³/mol. The van der Waals surface area contributed by atoms with Gasteiger partial charge < -0.3 is 10.6 Å². The zero-order chi connectivity index (χ0) is 19.4. The van der Waals surface area contributed by atoms with Crippen LogP contribution in [0.4, 0.5) is 11.4 Å². The smallest absolute Gasteiger partial charge is 0.265 e. The van der Waals surface area contributed by atoms with Gasteiger partial charge >= 0.3 is 0 Å². The minimum absolute atomic E-state index is 0.0421. The molecule has 0 aliphatic heterocycles. The number of para-hydroxylation sites is 1. The lowest BCUT2D eigenvalue weighted by Crippen LogP contribution is -2.15. The van der Waals surface area contributed by atoms with Gasteiger partial charge in [0.2, 0.25) is 0 Å². The number of hydrogen-bond donors (Lipinski definition) is 2. The quantitative estimate of drug-likeness (QED) is 0.684. The fourth-order valence-corrected chi connectivity index (χ4v) is 3.89. The molecule has 0 saturated carbocycles. The second kappa shape index (κ2) is 7.73. The van der Waals surface area contributed by atoms with Gasteiger partial charge in [-0.2, -0.15) is 0 Å². The minimum Gasteiger partial charge on any atom is -0.321 e. The molecule has 0 aliphatic rings. The molecule has 1 aromatic heterocycles. The van der Waals surface area contributed by atoms with Gasteiger partial charge in [0.25, 0.3) is 11.8 Å². The Morgan fingerprint density at radius 1 is 0.889 bits per heavy atom. The van der Waals surface area contributed by atoms with Crippen molar-refractivity contribution in [3.63, 3.8) is 0 Å². The molecule has 0 bridgehead atoms. The van der Waals surface area contributed by atoms with Gasteiger partial charge in [-0.3, -0.25) is 9.59 Å². The van der Waals surface area contributed by atoms with E-state index < -0.39 is 15.7 Å². The zero-order valence-corrected chi connectivity index (χ0v) is 15.9. The van der Waals surface area contributed by atoms with Crippen LogP contribution in [0.15, 0.2) is 70.9 Å². The molecule has 3 aromatic rings. The van der Waals surface area contributed by atoms with Crippen molar-refractivity contribution >= 4 is 44.4 Å². The predicted octanol–water partition coefficient (Wildman–Crippen LogP) is 3.66. The minimum atomic E-state index is -3.48. The molecule has 0 fully saturated rings. The van der Waals surface area contributed by atoms with Crippen LogP contribution in [0.2, 0.25) is 0 Å². The van der Waals surface area contributed by atoms with Crippen LogP contribution in [0.25, 0.3) is 0 Å². The molecule has 0 saturated heterocycles. The van der Waals surface area contributed by atoms with Crippen LogP contribution in [-0.4, -0.2) is 26.5 Å². The summed E-state index contributed by atoms with van der Waals surface area (Å²) in [5.74, 6) is -0.733. The maximum Gasteiger partial charge on any atom is 0.265 e. The summed E-state index contributed by atoms with van der Waals surface area (Å²) in [4.78, 5) is 25.3. The molecule has 2 aromatic carbocycles. The first-order chi connectivity index (χ1) is 12.8. The highest BCUT2D eigenvalue weighted by Gasteiger charge is 2.16. The number of carbonyl (C=O) groups excluding carboxylic acids is 2. The molecule has 0 aliphatic carbocycles. The summed E-state index contributed by atoms with van der Waals surface area (Å²) in [6.45, 7) is 0. The molecular weight excluding hydrogens is 384 g/mol. The van der Waals surface area contributed by atoms with Crippen LogP contribution in [0.3, 0.4) is 0 Å². The first-order valence-corrected chi connectivity index (χ1v) is 10.7. The highest BCUT2D eigenvalue weighted by Crippen LogP contribution is 2.22. The average molecular weight is 400 g/mol. The van der Waals surface area contributed by atoms with Crippen molar-refractivity contribution in [3.05, 3.63) is 76.5 Å². The third-order valence-electron chi connectivity index (χ3n) is 3.66. The Balaban J connectivity index is 1.80. The second-order valence-corrected chi connectivity index (χ2v) is 8.67. The van der Waals surface area contributed by atoms with Gasteiger partial charge in [-0.1, -0.05) is 24.3 Å². The van der Waals surface area contributed by atoms with E-state index >= 15 is 0 Å². The van der Waals surface area contributed by atoms with Crippen molar-refractivity contribution in [1.82, 2.24) is 0 Å². The summed E-state index contributed by atoms with van der Waals surface area (Å²) in [7, 11) is -3.48. The van der Waals surface area contributed by atoms with E-state index in [1.807, 2.05) is 0 Å². The first kappa shape index (κ1) is 18.8. The lowest BCUT2D eigenvalue weighted by molar-refractivity contribution is 0.101. The van der Waals surface area contributed by atoms with E-state index in [0.29, 0.717) is 16.1 Å². The summed E-state index contributed by atoms with van der Waals surface area (Å²) >= 11 is 1.32. The second-order valence-electron chi connectivity index (χ2n) is 5.73. The van der Waals surface area contributed by atoms with E-state index in [2.05, 4.69) is 10.6 Å². The van der Waals surface area contributed by atoms with Crippen LogP contribution in [-0.2, 0) is 9.84 Å². The fourth-order valence-electron chi connectivity index (χ4n) is 2.43. The van der Waals surface area contributed by atoms with E-state index in [-0.39, 0.29) is 16.5 Å². The maximum atomic E-state index is 12.5. The lowest BCUT2D eigenvalue weighted by atomic mass is 10.1. The molecule has 0 unspecified atom stereocenters. The summed E-state index contributed by atoms with van der Waals surface area (Å²) in [5, 5.41) is 7.15.